The van der Waals surface area contributed by atoms with Gasteiger partial charge in [0, 0.05) is 30.5 Å². The summed E-state index contributed by atoms with van der Waals surface area (Å²) in [5.41, 5.74) is 1.25. The Labute approximate surface area is 97.6 Å². The molecule has 2 amide bonds. The van der Waals surface area contributed by atoms with Crippen molar-refractivity contribution in [3.63, 3.8) is 0 Å². The molecule has 1 aromatic rings. The number of carbonyl (C=O) groups is 1. The number of nitrogens with zero attached hydrogens (tertiary/aromatic N) is 1. The highest BCUT2D eigenvalue weighted by Crippen LogP contribution is 2.26. The second-order valence-electron chi connectivity index (χ2n) is 3.79. The largest absolute Gasteiger partial charge is 0.337 e. The summed E-state index contributed by atoms with van der Waals surface area (Å²) >= 11 is 3.54. The Morgan fingerprint density at radius 3 is 2.87 bits per heavy atom. The number of benzene rings is 1. The zero-order chi connectivity index (χ0) is 10.8. The van der Waals surface area contributed by atoms with E-state index in [4.69, 9.17) is 0 Å². The van der Waals surface area contributed by atoms with E-state index in [0.717, 1.165) is 11.0 Å². The van der Waals surface area contributed by atoms with Gasteiger partial charge < -0.3 is 10.2 Å². The lowest BCUT2D eigenvalue weighted by atomic mass is 9.97. The fourth-order valence-corrected chi connectivity index (χ4v) is 2.45. The van der Waals surface area contributed by atoms with Gasteiger partial charge in [-0.3, -0.25) is 0 Å². The second-order valence-corrected chi connectivity index (χ2v) is 4.64. The number of hydrogen-bond donors (Lipinski definition) is 1. The summed E-state index contributed by atoms with van der Waals surface area (Å²) in [6.45, 7) is 1.49. The Morgan fingerprint density at radius 2 is 2.20 bits per heavy atom. The first-order valence-corrected chi connectivity index (χ1v) is 5.71. The zero-order valence-corrected chi connectivity index (χ0v) is 10.1. The highest BCUT2D eigenvalue weighted by atomic mass is 79.9. The minimum absolute atomic E-state index is 0.0123. The Morgan fingerprint density at radius 1 is 1.47 bits per heavy atom. The van der Waals surface area contributed by atoms with Crippen molar-refractivity contribution in [3.8, 4) is 0 Å². The van der Waals surface area contributed by atoms with Crippen LogP contribution in [0.5, 0.6) is 0 Å². The summed E-state index contributed by atoms with van der Waals surface area (Å²) in [5, 5.41) is 2.87. The van der Waals surface area contributed by atoms with Crippen LogP contribution in [0.2, 0.25) is 0 Å². The second kappa shape index (κ2) is 4.23. The van der Waals surface area contributed by atoms with Crippen molar-refractivity contribution < 1.29 is 4.79 Å². The lowest BCUT2D eigenvalue weighted by Crippen LogP contribution is -2.48. The third-order valence-electron chi connectivity index (χ3n) is 2.69. The predicted molar refractivity (Wildman–Crippen MR) is 62.9 cm³/mol. The molecule has 3 nitrogen and oxygen atoms in total. The van der Waals surface area contributed by atoms with Gasteiger partial charge in [0.15, 0.2) is 0 Å². The molecule has 0 saturated carbocycles. The Balaban J connectivity index is 2.19. The Bertz CT molecular complexity index is 381. The number of likely N-dealkylation sites (N-methyl/N-ethyl adjacent to an activating group) is 1. The van der Waals surface area contributed by atoms with E-state index >= 15 is 0 Å². The van der Waals surface area contributed by atoms with Gasteiger partial charge in [-0.25, -0.2) is 4.79 Å². The molecule has 1 aromatic carbocycles. The highest BCUT2D eigenvalue weighted by Gasteiger charge is 2.24. The van der Waals surface area contributed by atoms with Gasteiger partial charge in [-0.15, -0.1) is 0 Å². The van der Waals surface area contributed by atoms with Gasteiger partial charge in [-0.1, -0.05) is 34.1 Å². The number of rotatable bonds is 1. The van der Waals surface area contributed by atoms with Gasteiger partial charge in [-0.05, 0) is 11.6 Å². The van der Waals surface area contributed by atoms with Gasteiger partial charge in [0.2, 0.25) is 0 Å². The van der Waals surface area contributed by atoms with Gasteiger partial charge in [0.1, 0.15) is 0 Å². The minimum Gasteiger partial charge on any atom is -0.337 e. The number of hydrogen-bond acceptors (Lipinski definition) is 1. The maximum atomic E-state index is 11.3. The van der Waals surface area contributed by atoms with Gasteiger partial charge in [0.25, 0.3) is 0 Å². The average Bonchev–Trinajstić information content (AvgIpc) is 2.23. The maximum absolute atomic E-state index is 11.3. The highest BCUT2D eigenvalue weighted by molar-refractivity contribution is 9.10. The van der Waals surface area contributed by atoms with Crippen LogP contribution in [0.15, 0.2) is 28.7 Å². The van der Waals surface area contributed by atoms with Crippen LogP contribution in [0.1, 0.15) is 11.5 Å². The SMILES string of the molecule is CN1CC(c2ccccc2Br)CNC1=O. The molecule has 1 heterocycles. The van der Waals surface area contributed by atoms with E-state index in [-0.39, 0.29) is 6.03 Å². The van der Waals surface area contributed by atoms with Crippen LogP contribution in [-0.2, 0) is 0 Å². The number of urea groups is 1. The lowest BCUT2D eigenvalue weighted by Gasteiger charge is -2.31. The third-order valence-corrected chi connectivity index (χ3v) is 3.41. The van der Waals surface area contributed by atoms with Crippen molar-refractivity contribution >= 4 is 22.0 Å². The topological polar surface area (TPSA) is 32.3 Å². The van der Waals surface area contributed by atoms with Crippen LogP contribution in [0.3, 0.4) is 0 Å². The summed E-state index contributed by atoms with van der Waals surface area (Å²) in [4.78, 5) is 13.0. The molecule has 4 heteroatoms. The molecule has 0 bridgehead atoms. The molecule has 1 fully saturated rings. The lowest BCUT2D eigenvalue weighted by molar-refractivity contribution is 0.193. The van der Waals surface area contributed by atoms with Crippen LogP contribution < -0.4 is 5.32 Å². The predicted octanol–water partition coefficient (Wildman–Crippen LogP) is 2.19. The molecule has 2 rings (SSSR count). The molecule has 1 saturated heterocycles. The monoisotopic (exact) mass is 268 g/mol. The van der Waals surface area contributed by atoms with Crippen molar-refractivity contribution in [2.45, 2.75) is 5.92 Å². The van der Waals surface area contributed by atoms with E-state index in [1.54, 1.807) is 4.90 Å². The van der Waals surface area contributed by atoms with Crippen molar-refractivity contribution in [1.82, 2.24) is 10.2 Å². The summed E-state index contributed by atoms with van der Waals surface area (Å²) in [6, 6.07) is 8.17. The Hall–Kier alpha value is -1.03. The summed E-state index contributed by atoms with van der Waals surface area (Å²) in [7, 11) is 1.82. The number of carbonyl (C=O) groups excluding carboxylic acids is 1. The summed E-state index contributed by atoms with van der Waals surface area (Å²) in [6.07, 6.45) is 0. The smallest absolute Gasteiger partial charge is 0.317 e. The average molecular weight is 269 g/mol. The summed E-state index contributed by atoms with van der Waals surface area (Å²) < 4.78 is 1.11. The first-order valence-electron chi connectivity index (χ1n) is 4.92. The van der Waals surface area contributed by atoms with E-state index in [0.29, 0.717) is 12.5 Å². The van der Waals surface area contributed by atoms with E-state index in [9.17, 15) is 4.79 Å². The van der Waals surface area contributed by atoms with Crippen LogP contribution in [0.25, 0.3) is 0 Å². The molecule has 1 aliphatic heterocycles. The van der Waals surface area contributed by atoms with E-state index in [1.165, 1.54) is 5.56 Å². The van der Waals surface area contributed by atoms with Crippen molar-refractivity contribution in [2.24, 2.45) is 0 Å². The molecule has 15 heavy (non-hydrogen) atoms. The minimum atomic E-state index is 0.0123. The van der Waals surface area contributed by atoms with E-state index in [1.807, 2.05) is 25.2 Å². The molecule has 1 atom stereocenters. The Kier molecular flexibility index (Phi) is 2.95. The molecule has 0 aliphatic carbocycles. The van der Waals surface area contributed by atoms with Crippen LogP contribution >= 0.6 is 15.9 Å². The van der Waals surface area contributed by atoms with Crippen LogP contribution in [0, 0.1) is 0 Å². The van der Waals surface area contributed by atoms with Gasteiger partial charge in [-0.2, -0.15) is 0 Å². The molecular formula is C11H13BrN2O. The van der Waals surface area contributed by atoms with Gasteiger partial charge >= 0.3 is 6.03 Å². The fourth-order valence-electron chi connectivity index (χ4n) is 1.84. The fraction of sp³-hybridized carbons (Fsp3) is 0.364. The number of halogens is 1. The number of amides is 2. The van der Waals surface area contributed by atoms with Crippen molar-refractivity contribution in [1.29, 1.82) is 0 Å². The molecule has 80 valence electrons. The van der Waals surface area contributed by atoms with E-state index in [2.05, 4.69) is 27.3 Å². The molecule has 0 radical (unpaired) electrons. The zero-order valence-electron chi connectivity index (χ0n) is 8.53. The van der Waals surface area contributed by atoms with Crippen molar-refractivity contribution in [3.05, 3.63) is 34.3 Å². The molecule has 1 unspecified atom stereocenters. The quantitative estimate of drug-likeness (QED) is 0.832. The van der Waals surface area contributed by atoms with Crippen molar-refractivity contribution in [2.75, 3.05) is 20.1 Å². The molecular weight excluding hydrogens is 256 g/mol. The molecule has 0 aromatic heterocycles. The first kappa shape index (κ1) is 10.5. The third kappa shape index (κ3) is 2.15. The first-order chi connectivity index (χ1) is 7.18. The van der Waals surface area contributed by atoms with Crippen LogP contribution in [0.4, 0.5) is 4.79 Å². The van der Waals surface area contributed by atoms with E-state index < -0.39 is 0 Å². The molecule has 1 aliphatic rings. The molecule has 0 spiro atoms. The number of nitrogens with one attached hydrogen (secondary N) is 1. The van der Waals surface area contributed by atoms with Gasteiger partial charge in [0.05, 0.1) is 0 Å². The normalized spacial score (nSPS) is 21.3. The van der Waals surface area contributed by atoms with Crippen LogP contribution in [-0.4, -0.2) is 31.1 Å². The maximum Gasteiger partial charge on any atom is 0.317 e. The molecule has 1 N–H and O–H groups in total. The summed E-state index contributed by atoms with van der Waals surface area (Å²) in [5.74, 6) is 0.364. The standard InChI is InChI=1S/C11H13BrN2O/c1-14-7-8(6-13-11(14)15)9-4-2-3-5-10(9)12/h2-5,8H,6-7H2,1H3,(H,13,15).